The molecule has 3 rings (SSSR count). The second-order valence-corrected chi connectivity index (χ2v) is 11.4. The Hall–Kier alpha value is -1.32. The molecule has 0 spiro atoms. The highest BCUT2D eigenvalue weighted by atomic mass is 19.4. The van der Waals surface area contributed by atoms with Gasteiger partial charge in [0.2, 0.25) is 0 Å². The van der Waals surface area contributed by atoms with E-state index >= 15 is 0 Å². The van der Waals surface area contributed by atoms with E-state index in [4.69, 9.17) is 0 Å². The quantitative estimate of drug-likeness (QED) is 0.336. The third kappa shape index (κ3) is 5.58. The molecular weight excluding hydrogens is 486 g/mol. The molecule has 0 unspecified atom stereocenters. The molecule has 0 aromatic carbocycles. The van der Waals surface area contributed by atoms with E-state index in [1.54, 1.807) is 0 Å². The van der Waals surface area contributed by atoms with Gasteiger partial charge in [0.05, 0.1) is 12.2 Å². The largest absolute Gasteiger partial charge is 0.426 e. The Kier molecular flexibility index (Phi) is 8.48. The summed E-state index contributed by atoms with van der Waals surface area (Å²) in [7, 11) is 0. The highest BCUT2D eigenvalue weighted by Crippen LogP contribution is 2.60. The minimum absolute atomic E-state index is 0.0770. The fraction of sp³-hybridized carbons (Fsp3) is 0.778. The van der Waals surface area contributed by atoms with Crippen molar-refractivity contribution >= 4 is 0 Å². The van der Waals surface area contributed by atoms with Gasteiger partial charge in [-0.1, -0.05) is 44.6 Å². The number of hydrogen-bond donors (Lipinski definition) is 3. The molecule has 3 nitrogen and oxygen atoms in total. The van der Waals surface area contributed by atoms with Crippen molar-refractivity contribution in [2.45, 2.75) is 108 Å². The molecule has 0 saturated heterocycles. The lowest BCUT2D eigenvalue weighted by atomic mass is 9.60. The zero-order chi connectivity index (χ0) is 27.1. The van der Waals surface area contributed by atoms with Crippen LogP contribution in [0.3, 0.4) is 0 Å². The molecule has 3 aliphatic rings. The Morgan fingerprint density at radius 3 is 2.33 bits per heavy atom. The number of aliphatic hydroxyl groups excluding tert-OH is 2. The van der Waals surface area contributed by atoms with Crippen LogP contribution in [0.1, 0.15) is 78.1 Å². The van der Waals surface area contributed by atoms with E-state index in [0.717, 1.165) is 37.7 Å². The Morgan fingerprint density at radius 1 is 1.08 bits per heavy atom. The van der Waals surface area contributed by atoms with E-state index < -0.39 is 36.6 Å². The van der Waals surface area contributed by atoms with Gasteiger partial charge in [0, 0.05) is 6.42 Å². The molecule has 0 aromatic heterocycles. The van der Waals surface area contributed by atoms with Crippen molar-refractivity contribution in [3.8, 4) is 0 Å². The molecule has 0 aromatic rings. The lowest BCUT2D eigenvalue weighted by molar-refractivity contribution is -0.370. The minimum Gasteiger partial charge on any atom is -0.393 e. The molecule has 0 bridgehead atoms. The number of fused-ring (bicyclic) bond motifs is 1. The molecule has 3 N–H and O–H groups in total. The van der Waals surface area contributed by atoms with Crippen molar-refractivity contribution < 1.29 is 41.7 Å². The van der Waals surface area contributed by atoms with Gasteiger partial charge in [0.1, 0.15) is 0 Å². The SMILES string of the molecule is C=C1C(=CC=C2CCC[C@]3(C)[C@@H]([C@H](C)CCCC(O)(C(F)(F)F)C(F)(F)F)CC[C@@H]23)C[C@@H](O)C[C@@H]1O. The molecule has 3 saturated carbocycles. The maximum absolute atomic E-state index is 13.0. The maximum Gasteiger partial charge on any atom is 0.426 e. The lowest BCUT2D eigenvalue weighted by Crippen LogP contribution is -2.56. The summed E-state index contributed by atoms with van der Waals surface area (Å²) >= 11 is 0. The predicted molar refractivity (Wildman–Crippen MR) is 125 cm³/mol. The molecule has 9 heteroatoms. The molecule has 3 aliphatic carbocycles. The van der Waals surface area contributed by atoms with E-state index in [0.29, 0.717) is 12.0 Å². The average Bonchev–Trinajstić information content (AvgIpc) is 3.11. The van der Waals surface area contributed by atoms with Gasteiger partial charge in [-0.3, -0.25) is 0 Å². The first-order valence-electron chi connectivity index (χ1n) is 12.8. The predicted octanol–water partition coefficient (Wildman–Crippen LogP) is 6.79. The third-order valence-corrected chi connectivity index (χ3v) is 9.12. The van der Waals surface area contributed by atoms with E-state index in [-0.39, 0.29) is 42.4 Å². The standard InChI is InChI=1S/C27H38F6O3/c1-16(6-4-13-25(36,26(28,29)30)27(31,32)33)21-10-11-22-18(7-5-12-24(21,22)3)8-9-19-14-20(34)15-23(35)17(19)2/h8-9,16,20-23,34-36H,2,4-7,10-15H2,1,3H3/t16-,20-,21-,22+,23+,24-/m1/s1. The fourth-order valence-electron chi connectivity index (χ4n) is 7.00. The first-order valence-corrected chi connectivity index (χ1v) is 12.8. The van der Waals surface area contributed by atoms with Gasteiger partial charge >= 0.3 is 12.4 Å². The summed E-state index contributed by atoms with van der Waals surface area (Å²) < 4.78 is 78.1. The second kappa shape index (κ2) is 10.4. The first kappa shape index (κ1) is 29.2. The average molecular weight is 525 g/mol. The number of alkyl halides is 6. The Morgan fingerprint density at radius 2 is 1.72 bits per heavy atom. The zero-order valence-electron chi connectivity index (χ0n) is 20.9. The summed E-state index contributed by atoms with van der Waals surface area (Å²) in [6.45, 7) is 8.03. The summed E-state index contributed by atoms with van der Waals surface area (Å²) in [4.78, 5) is 0. The van der Waals surface area contributed by atoms with Crippen LogP contribution in [-0.4, -0.2) is 45.5 Å². The fourth-order valence-corrected chi connectivity index (χ4v) is 7.00. The number of hydrogen-bond acceptors (Lipinski definition) is 3. The summed E-state index contributed by atoms with van der Waals surface area (Å²) in [6, 6.07) is 0. The smallest absolute Gasteiger partial charge is 0.393 e. The van der Waals surface area contributed by atoms with Crippen molar-refractivity contribution in [1.29, 1.82) is 0 Å². The molecule has 0 aliphatic heterocycles. The van der Waals surface area contributed by atoms with Gasteiger partial charge in [-0.15, -0.1) is 0 Å². The van der Waals surface area contributed by atoms with E-state index in [1.165, 1.54) is 5.57 Å². The molecule has 36 heavy (non-hydrogen) atoms. The van der Waals surface area contributed by atoms with Crippen LogP contribution in [0.25, 0.3) is 0 Å². The van der Waals surface area contributed by atoms with Crippen molar-refractivity contribution in [2.75, 3.05) is 0 Å². The van der Waals surface area contributed by atoms with Gasteiger partial charge < -0.3 is 15.3 Å². The van der Waals surface area contributed by atoms with Gasteiger partial charge in [-0.2, -0.15) is 26.3 Å². The van der Waals surface area contributed by atoms with Crippen LogP contribution in [-0.2, 0) is 0 Å². The molecule has 6 atom stereocenters. The van der Waals surface area contributed by atoms with Crippen LogP contribution in [0.15, 0.2) is 35.5 Å². The number of rotatable bonds is 6. The second-order valence-electron chi connectivity index (χ2n) is 11.4. The van der Waals surface area contributed by atoms with Gasteiger partial charge in [0.25, 0.3) is 5.60 Å². The van der Waals surface area contributed by atoms with Crippen LogP contribution >= 0.6 is 0 Å². The van der Waals surface area contributed by atoms with E-state index in [1.807, 2.05) is 13.0 Å². The van der Waals surface area contributed by atoms with Gasteiger partial charge in [-0.05, 0) is 85.7 Å². The number of allylic oxidation sites excluding steroid dienone is 3. The van der Waals surface area contributed by atoms with Crippen molar-refractivity contribution in [2.24, 2.45) is 23.2 Å². The number of aliphatic hydroxyl groups is 3. The van der Waals surface area contributed by atoms with Crippen molar-refractivity contribution in [3.05, 3.63) is 35.5 Å². The summed E-state index contributed by atoms with van der Waals surface area (Å²) in [5.41, 5.74) is -2.08. The Balaban J connectivity index is 1.69. The van der Waals surface area contributed by atoms with Crippen molar-refractivity contribution in [3.63, 3.8) is 0 Å². The monoisotopic (exact) mass is 524 g/mol. The van der Waals surface area contributed by atoms with E-state index in [9.17, 15) is 41.7 Å². The van der Waals surface area contributed by atoms with Crippen molar-refractivity contribution in [1.82, 2.24) is 0 Å². The minimum atomic E-state index is -5.77. The van der Waals surface area contributed by atoms with Gasteiger partial charge in [-0.25, -0.2) is 0 Å². The highest BCUT2D eigenvalue weighted by molar-refractivity contribution is 5.38. The Labute approximate surface area is 209 Å². The molecule has 3 fully saturated rings. The molecule has 0 heterocycles. The number of halogens is 6. The van der Waals surface area contributed by atoms with E-state index in [2.05, 4.69) is 19.6 Å². The molecular formula is C27H38F6O3. The lowest BCUT2D eigenvalue weighted by Gasteiger charge is -2.44. The van der Waals surface area contributed by atoms with Crippen LogP contribution in [0.2, 0.25) is 0 Å². The maximum atomic E-state index is 13.0. The van der Waals surface area contributed by atoms with Gasteiger partial charge in [0.15, 0.2) is 0 Å². The van der Waals surface area contributed by atoms with Crippen LogP contribution in [0.5, 0.6) is 0 Å². The third-order valence-electron chi connectivity index (χ3n) is 9.12. The highest BCUT2D eigenvalue weighted by Gasteiger charge is 2.69. The summed E-state index contributed by atoms with van der Waals surface area (Å²) in [6.07, 6.45) is -5.24. The molecule has 0 amide bonds. The first-order chi connectivity index (χ1) is 16.5. The van der Waals surface area contributed by atoms with Crippen LogP contribution < -0.4 is 0 Å². The zero-order valence-corrected chi connectivity index (χ0v) is 20.9. The Bertz CT molecular complexity index is 860. The summed E-state index contributed by atoms with van der Waals surface area (Å²) in [5, 5.41) is 29.5. The topological polar surface area (TPSA) is 60.7 Å². The normalized spacial score (nSPS) is 35.4. The summed E-state index contributed by atoms with van der Waals surface area (Å²) in [5.74, 6) is 0.355. The van der Waals surface area contributed by atoms with Crippen LogP contribution in [0, 0.1) is 23.2 Å². The molecule has 206 valence electrons. The molecule has 0 radical (unpaired) electrons. The van der Waals surface area contributed by atoms with Crippen LogP contribution in [0.4, 0.5) is 26.3 Å².